The highest BCUT2D eigenvalue weighted by Crippen LogP contribution is 2.37. The van der Waals surface area contributed by atoms with E-state index in [2.05, 4.69) is 4.74 Å². The Hall–Kier alpha value is -1.67. The number of rotatable bonds is 7. The van der Waals surface area contributed by atoms with Crippen LogP contribution < -0.4 is 0 Å². The van der Waals surface area contributed by atoms with Crippen molar-refractivity contribution in [2.75, 3.05) is 27.9 Å². The Morgan fingerprint density at radius 2 is 1.65 bits per heavy atom. The molecular weight excluding hydrogens is 308 g/mol. The van der Waals surface area contributed by atoms with E-state index < -0.39 is 35.2 Å². The normalized spacial score (nSPS) is 20.0. The van der Waals surface area contributed by atoms with Gasteiger partial charge in [-0.1, -0.05) is 0 Å². The maximum Gasteiger partial charge on any atom is 0.323 e. The fraction of sp³-hybridized carbons (Fsp3) is 0.800. The number of hydrogen-bond donors (Lipinski definition) is 0. The smallest absolute Gasteiger partial charge is 0.323 e. The summed E-state index contributed by atoms with van der Waals surface area (Å²) in [4.78, 5) is 36.1. The van der Waals surface area contributed by atoms with Crippen LogP contribution >= 0.6 is 0 Å². The molecule has 8 heteroatoms. The summed E-state index contributed by atoms with van der Waals surface area (Å²) in [6.07, 6.45) is -0.732. The summed E-state index contributed by atoms with van der Waals surface area (Å²) in [6.45, 7) is 3.69. The van der Waals surface area contributed by atoms with E-state index in [0.717, 1.165) is 0 Å². The first kappa shape index (κ1) is 19.4. The summed E-state index contributed by atoms with van der Waals surface area (Å²) >= 11 is 0. The predicted octanol–water partition coefficient (Wildman–Crippen LogP) is 0.814. The Kier molecular flexibility index (Phi) is 6.52. The Morgan fingerprint density at radius 1 is 1.09 bits per heavy atom. The molecule has 0 saturated carbocycles. The number of hydrogen-bond acceptors (Lipinski definition) is 8. The molecule has 1 aliphatic heterocycles. The monoisotopic (exact) mass is 332 g/mol. The number of carbonyl (C=O) groups is 3. The van der Waals surface area contributed by atoms with Gasteiger partial charge in [0.1, 0.15) is 0 Å². The maximum absolute atomic E-state index is 12.3. The molecule has 0 unspecified atom stereocenters. The highest BCUT2D eigenvalue weighted by atomic mass is 16.7. The van der Waals surface area contributed by atoms with Crippen LogP contribution in [0.3, 0.4) is 0 Å². The molecule has 1 heterocycles. The van der Waals surface area contributed by atoms with Gasteiger partial charge >= 0.3 is 17.9 Å². The van der Waals surface area contributed by atoms with Crippen LogP contribution in [-0.4, -0.2) is 57.7 Å². The largest absolute Gasteiger partial charge is 0.469 e. The predicted molar refractivity (Wildman–Crippen MR) is 77.2 cm³/mol. The number of methoxy groups -OCH3 is 3. The van der Waals surface area contributed by atoms with E-state index in [1.807, 2.05) is 0 Å². The van der Waals surface area contributed by atoms with Crippen LogP contribution in [0.5, 0.6) is 0 Å². The molecule has 0 aliphatic carbocycles. The number of carbonyl (C=O) groups excluding carboxylic acids is 3. The zero-order chi connectivity index (χ0) is 17.7. The van der Waals surface area contributed by atoms with Crippen LogP contribution in [0.15, 0.2) is 0 Å². The van der Waals surface area contributed by atoms with E-state index in [0.29, 0.717) is 0 Å². The van der Waals surface area contributed by atoms with Gasteiger partial charge in [0.15, 0.2) is 11.2 Å². The molecule has 0 N–H and O–H groups in total. The molecule has 1 rings (SSSR count). The minimum Gasteiger partial charge on any atom is -0.469 e. The molecule has 1 atom stereocenters. The van der Waals surface area contributed by atoms with Gasteiger partial charge in [-0.2, -0.15) is 0 Å². The van der Waals surface area contributed by atoms with Crippen molar-refractivity contribution in [2.45, 2.75) is 45.0 Å². The average molecular weight is 332 g/mol. The van der Waals surface area contributed by atoms with Crippen LogP contribution in [0.4, 0.5) is 0 Å². The first-order valence-corrected chi connectivity index (χ1v) is 7.26. The molecule has 1 saturated heterocycles. The first-order valence-electron chi connectivity index (χ1n) is 7.26. The van der Waals surface area contributed by atoms with Gasteiger partial charge in [0.25, 0.3) is 0 Å². The third-order valence-electron chi connectivity index (χ3n) is 3.78. The van der Waals surface area contributed by atoms with E-state index in [1.165, 1.54) is 21.3 Å². The lowest BCUT2D eigenvalue weighted by atomic mass is 9.78. The van der Waals surface area contributed by atoms with Crippen molar-refractivity contribution in [2.24, 2.45) is 5.41 Å². The minimum atomic E-state index is -1.65. The van der Waals surface area contributed by atoms with E-state index in [9.17, 15) is 14.4 Å². The van der Waals surface area contributed by atoms with Crippen molar-refractivity contribution >= 4 is 17.9 Å². The fourth-order valence-electron chi connectivity index (χ4n) is 2.62. The van der Waals surface area contributed by atoms with Gasteiger partial charge in [0, 0.05) is 12.8 Å². The SMILES string of the molecule is COC(=O)CCC(C[C@H]1COC(C)(C)O1)(C(=O)OC)C(=O)OC. The average Bonchev–Trinajstić information content (AvgIpc) is 2.87. The lowest BCUT2D eigenvalue weighted by Gasteiger charge is -2.30. The van der Waals surface area contributed by atoms with Crippen LogP contribution in [0.25, 0.3) is 0 Å². The van der Waals surface area contributed by atoms with E-state index in [4.69, 9.17) is 18.9 Å². The summed E-state index contributed by atoms with van der Waals surface area (Å²) in [5.74, 6) is -2.89. The highest BCUT2D eigenvalue weighted by Gasteiger charge is 2.52. The summed E-state index contributed by atoms with van der Waals surface area (Å²) in [7, 11) is 3.58. The molecule has 8 nitrogen and oxygen atoms in total. The molecule has 0 spiro atoms. The molecule has 0 aromatic rings. The van der Waals surface area contributed by atoms with Crippen LogP contribution in [-0.2, 0) is 38.1 Å². The Balaban J connectivity index is 3.03. The lowest BCUT2D eigenvalue weighted by Crippen LogP contribution is -2.45. The van der Waals surface area contributed by atoms with Crippen LogP contribution in [0, 0.1) is 5.41 Å². The Bertz CT molecular complexity index is 440. The van der Waals surface area contributed by atoms with Gasteiger partial charge in [0.2, 0.25) is 0 Å². The molecule has 0 radical (unpaired) electrons. The third kappa shape index (κ3) is 4.65. The van der Waals surface area contributed by atoms with Gasteiger partial charge in [-0.05, 0) is 20.3 Å². The molecular formula is C15H24O8. The van der Waals surface area contributed by atoms with Gasteiger partial charge in [-0.15, -0.1) is 0 Å². The van der Waals surface area contributed by atoms with Crippen molar-refractivity contribution in [1.29, 1.82) is 0 Å². The van der Waals surface area contributed by atoms with Gasteiger partial charge in [0.05, 0.1) is 34.0 Å². The molecule has 0 aromatic carbocycles. The van der Waals surface area contributed by atoms with Crippen molar-refractivity contribution in [1.82, 2.24) is 0 Å². The number of ether oxygens (including phenoxy) is 5. The van der Waals surface area contributed by atoms with Crippen molar-refractivity contribution < 1.29 is 38.1 Å². The molecule has 132 valence electrons. The maximum atomic E-state index is 12.3. The second-order valence-electron chi connectivity index (χ2n) is 5.80. The summed E-state index contributed by atoms with van der Waals surface area (Å²) in [5.41, 5.74) is -1.65. The molecule has 0 aromatic heterocycles. The van der Waals surface area contributed by atoms with Crippen molar-refractivity contribution in [3.8, 4) is 0 Å². The highest BCUT2D eigenvalue weighted by molar-refractivity contribution is 6.00. The molecule has 0 amide bonds. The lowest BCUT2D eigenvalue weighted by molar-refractivity contribution is -0.176. The quantitative estimate of drug-likeness (QED) is 0.384. The standard InChI is InChI=1S/C15H24O8/c1-14(2)22-9-10(23-14)8-15(12(17)20-4,13(18)21-5)7-6-11(16)19-3/h10H,6-9H2,1-5H3/t10-/m0/s1. The third-order valence-corrected chi connectivity index (χ3v) is 3.78. The molecule has 0 bridgehead atoms. The zero-order valence-electron chi connectivity index (χ0n) is 14.2. The fourth-order valence-corrected chi connectivity index (χ4v) is 2.62. The van der Waals surface area contributed by atoms with Crippen LogP contribution in [0.1, 0.15) is 33.1 Å². The van der Waals surface area contributed by atoms with Crippen LogP contribution in [0.2, 0.25) is 0 Å². The van der Waals surface area contributed by atoms with Crippen molar-refractivity contribution in [3.05, 3.63) is 0 Å². The number of esters is 3. The van der Waals surface area contributed by atoms with Gasteiger partial charge in [-0.25, -0.2) is 0 Å². The molecule has 1 aliphatic rings. The molecule has 1 fully saturated rings. The van der Waals surface area contributed by atoms with Gasteiger partial charge in [-0.3, -0.25) is 14.4 Å². The summed E-state index contributed by atoms with van der Waals surface area (Å²) < 4.78 is 25.3. The minimum absolute atomic E-state index is 0.00717. The second-order valence-corrected chi connectivity index (χ2v) is 5.80. The summed E-state index contributed by atoms with van der Waals surface area (Å²) in [5, 5.41) is 0. The zero-order valence-corrected chi connectivity index (χ0v) is 14.2. The van der Waals surface area contributed by atoms with E-state index in [-0.39, 0.29) is 25.9 Å². The van der Waals surface area contributed by atoms with E-state index in [1.54, 1.807) is 13.8 Å². The Morgan fingerprint density at radius 3 is 2.04 bits per heavy atom. The first-order chi connectivity index (χ1) is 10.7. The topological polar surface area (TPSA) is 97.4 Å². The second kappa shape index (κ2) is 7.74. The van der Waals surface area contributed by atoms with Gasteiger partial charge < -0.3 is 23.7 Å². The molecule has 23 heavy (non-hydrogen) atoms. The van der Waals surface area contributed by atoms with E-state index >= 15 is 0 Å². The summed E-state index contributed by atoms with van der Waals surface area (Å²) in [6, 6.07) is 0. The van der Waals surface area contributed by atoms with Crippen molar-refractivity contribution in [3.63, 3.8) is 0 Å². The Labute approximate surface area is 135 Å².